The second kappa shape index (κ2) is 4.92. The Kier molecular flexibility index (Phi) is 3.26. The average Bonchev–Trinajstić information content (AvgIpc) is 3.00. The summed E-state index contributed by atoms with van der Waals surface area (Å²) >= 11 is 1.48. The Bertz CT molecular complexity index is 558. The first-order chi connectivity index (χ1) is 9.28. The second-order valence-electron chi connectivity index (χ2n) is 4.77. The highest BCUT2D eigenvalue weighted by Crippen LogP contribution is 2.45. The van der Waals surface area contributed by atoms with Gasteiger partial charge in [0, 0.05) is 22.9 Å². The molecular weight excluding hydrogens is 260 g/mol. The van der Waals surface area contributed by atoms with Gasteiger partial charge in [0.2, 0.25) is 0 Å². The Balaban J connectivity index is 2.10. The van der Waals surface area contributed by atoms with Gasteiger partial charge in [0.05, 0.1) is 17.8 Å². The van der Waals surface area contributed by atoms with Crippen molar-refractivity contribution in [1.82, 2.24) is 4.98 Å². The molecule has 0 fully saturated rings. The monoisotopic (exact) mass is 276 g/mol. The lowest BCUT2D eigenvalue weighted by atomic mass is 9.71. The van der Waals surface area contributed by atoms with Gasteiger partial charge in [-0.25, -0.2) is 4.98 Å². The predicted octanol–water partition coefficient (Wildman–Crippen LogP) is 1.86. The fourth-order valence-electron chi connectivity index (χ4n) is 2.73. The van der Waals surface area contributed by atoms with Gasteiger partial charge in [0.1, 0.15) is 11.9 Å². The minimum atomic E-state index is -0.700. The fraction of sp³-hybridized carbons (Fsp3) is 0.357. The van der Waals surface area contributed by atoms with E-state index in [0.717, 1.165) is 11.3 Å². The van der Waals surface area contributed by atoms with E-state index in [1.54, 1.807) is 5.51 Å². The van der Waals surface area contributed by atoms with Crippen LogP contribution in [0.15, 0.2) is 35.2 Å². The molecule has 0 saturated carbocycles. The summed E-state index contributed by atoms with van der Waals surface area (Å²) in [7, 11) is 0. The summed E-state index contributed by atoms with van der Waals surface area (Å²) in [5, 5.41) is 12.6. The van der Waals surface area contributed by atoms with Gasteiger partial charge in [-0.3, -0.25) is 0 Å². The molecule has 0 spiro atoms. The normalized spacial score (nSPS) is 23.5. The van der Waals surface area contributed by atoms with E-state index in [9.17, 15) is 5.11 Å². The molecule has 1 aliphatic heterocycles. The Hall–Kier alpha value is -1.43. The molecule has 0 aliphatic carbocycles. The minimum Gasteiger partial charge on any atom is -0.493 e. The van der Waals surface area contributed by atoms with Crippen LogP contribution in [-0.2, 0) is 5.41 Å². The Morgan fingerprint density at radius 3 is 3.05 bits per heavy atom. The van der Waals surface area contributed by atoms with E-state index in [0.29, 0.717) is 25.3 Å². The van der Waals surface area contributed by atoms with Gasteiger partial charge in [-0.05, 0) is 12.5 Å². The van der Waals surface area contributed by atoms with Crippen LogP contribution >= 0.6 is 11.3 Å². The van der Waals surface area contributed by atoms with Gasteiger partial charge < -0.3 is 15.6 Å². The first kappa shape index (κ1) is 12.6. The highest BCUT2D eigenvalue weighted by atomic mass is 32.1. The van der Waals surface area contributed by atoms with Crippen LogP contribution in [0.3, 0.4) is 0 Å². The Morgan fingerprint density at radius 2 is 2.32 bits per heavy atom. The molecule has 0 saturated heterocycles. The lowest BCUT2D eigenvalue weighted by Crippen LogP contribution is -2.45. The fourth-order valence-corrected chi connectivity index (χ4v) is 3.30. The predicted molar refractivity (Wildman–Crippen MR) is 74.4 cm³/mol. The third-order valence-electron chi connectivity index (χ3n) is 3.85. The molecule has 19 heavy (non-hydrogen) atoms. The molecule has 3 N–H and O–H groups in total. The smallest absolute Gasteiger partial charge is 0.123 e. The number of hydrogen-bond donors (Lipinski definition) is 2. The van der Waals surface area contributed by atoms with Crippen molar-refractivity contribution in [3.8, 4) is 5.75 Å². The SMILES string of the molecule is NCC1(C(O)c2cscn2)CCOc2ccccc21. The number of nitrogens with zero attached hydrogens (tertiary/aromatic N) is 1. The molecule has 1 aromatic heterocycles. The quantitative estimate of drug-likeness (QED) is 0.898. The van der Waals surface area contributed by atoms with Gasteiger partial charge in [0.25, 0.3) is 0 Å². The third kappa shape index (κ3) is 1.94. The highest BCUT2D eigenvalue weighted by molar-refractivity contribution is 7.07. The van der Waals surface area contributed by atoms with Crippen LogP contribution in [-0.4, -0.2) is 23.2 Å². The van der Waals surface area contributed by atoms with E-state index < -0.39 is 11.5 Å². The van der Waals surface area contributed by atoms with Crippen molar-refractivity contribution in [2.45, 2.75) is 17.9 Å². The second-order valence-corrected chi connectivity index (χ2v) is 5.49. The van der Waals surface area contributed by atoms with E-state index in [1.165, 1.54) is 11.3 Å². The van der Waals surface area contributed by atoms with E-state index in [2.05, 4.69) is 4.98 Å². The van der Waals surface area contributed by atoms with Crippen molar-refractivity contribution in [1.29, 1.82) is 0 Å². The number of nitrogens with two attached hydrogens (primary N) is 1. The summed E-state index contributed by atoms with van der Waals surface area (Å²) in [6.07, 6.45) is -0.00653. The van der Waals surface area contributed by atoms with E-state index >= 15 is 0 Å². The molecule has 2 unspecified atom stereocenters. The standard InChI is InChI=1S/C14H16N2O2S/c15-8-14(13(17)11-7-19-9-16-11)5-6-18-12-4-2-1-3-10(12)14/h1-4,7,9,13,17H,5-6,8,15H2. The average molecular weight is 276 g/mol. The summed E-state index contributed by atoms with van der Waals surface area (Å²) < 4.78 is 5.66. The molecule has 100 valence electrons. The van der Waals surface area contributed by atoms with E-state index in [-0.39, 0.29) is 0 Å². The Labute approximate surface area is 115 Å². The summed E-state index contributed by atoms with van der Waals surface area (Å²) in [6, 6.07) is 7.79. The first-order valence-electron chi connectivity index (χ1n) is 6.26. The third-order valence-corrected chi connectivity index (χ3v) is 4.45. The zero-order valence-corrected chi connectivity index (χ0v) is 11.3. The molecule has 4 nitrogen and oxygen atoms in total. The summed E-state index contributed by atoms with van der Waals surface area (Å²) in [6.45, 7) is 0.932. The molecule has 3 rings (SSSR count). The van der Waals surface area contributed by atoms with Crippen molar-refractivity contribution in [2.24, 2.45) is 5.73 Å². The number of fused-ring (bicyclic) bond motifs is 1. The lowest BCUT2D eigenvalue weighted by Gasteiger charge is -2.40. The minimum absolute atomic E-state index is 0.367. The number of aromatic nitrogens is 1. The number of aliphatic hydroxyl groups is 1. The van der Waals surface area contributed by atoms with Crippen LogP contribution in [0.2, 0.25) is 0 Å². The number of benzene rings is 1. The van der Waals surface area contributed by atoms with Gasteiger partial charge >= 0.3 is 0 Å². The molecule has 0 amide bonds. The molecule has 2 aromatic rings. The Morgan fingerprint density at radius 1 is 1.47 bits per heavy atom. The number of aliphatic hydroxyl groups excluding tert-OH is 1. The topological polar surface area (TPSA) is 68.4 Å². The number of ether oxygens (including phenoxy) is 1. The number of hydrogen-bond acceptors (Lipinski definition) is 5. The van der Waals surface area contributed by atoms with Crippen molar-refractivity contribution in [2.75, 3.05) is 13.2 Å². The molecule has 2 heterocycles. The summed E-state index contributed by atoms with van der Waals surface area (Å²) in [5.41, 5.74) is 8.90. The van der Waals surface area contributed by atoms with Crippen LogP contribution in [0.25, 0.3) is 0 Å². The number of rotatable bonds is 3. The van der Waals surface area contributed by atoms with E-state index in [1.807, 2.05) is 29.6 Å². The maximum absolute atomic E-state index is 10.7. The molecule has 0 radical (unpaired) electrons. The zero-order valence-electron chi connectivity index (χ0n) is 10.5. The van der Waals surface area contributed by atoms with Gasteiger partial charge in [-0.1, -0.05) is 18.2 Å². The molecule has 1 aromatic carbocycles. The van der Waals surface area contributed by atoms with Crippen LogP contribution in [0.1, 0.15) is 23.8 Å². The van der Waals surface area contributed by atoms with Gasteiger partial charge in [-0.15, -0.1) is 11.3 Å². The van der Waals surface area contributed by atoms with Crippen molar-refractivity contribution >= 4 is 11.3 Å². The molecule has 1 aliphatic rings. The molecule has 0 bridgehead atoms. The van der Waals surface area contributed by atoms with Crippen molar-refractivity contribution < 1.29 is 9.84 Å². The number of para-hydroxylation sites is 1. The highest BCUT2D eigenvalue weighted by Gasteiger charge is 2.44. The zero-order chi connectivity index (χ0) is 13.3. The van der Waals surface area contributed by atoms with Crippen molar-refractivity contribution in [3.05, 3.63) is 46.4 Å². The number of thiazole rings is 1. The lowest BCUT2D eigenvalue weighted by molar-refractivity contribution is 0.0509. The van der Waals surface area contributed by atoms with Crippen LogP contribution in [0.5, 0.6) is 5.75 Å². The van der Waals surface area contributed by atoms with Gasteiger partial charge in [0.15, 0.2) is 0 Å². The van der Waals surface area contributed by atoms with Crippen molar-refractivity contribution in [3.63, 3.8) is 0 Å². The van der Waals surface area contributed by atoms with Gasteiger partial charge in [-0.2, -0.15) is 0 Å². The summed E-state index contributed by atoms with van der Waals surface area (Å²) in [5.74, 6) is 0.813. The summed E-state index contributed by atoms with van der Waals surface area (Å²) in [4.78, 5) is 4.23. The van der Waals surface area contributed by atoms with E-state index in [4.69, 9.17) is 10.5 Å². The first-order valence-corrected chi connectivity index (χ1v) is 7.21. The van der Waals surface area contributed by atoms with Crippen LogP contribution < -0.4 is 10.5 Å². The van der Waals surface area contributed by atoms with Crippen LogP contribution in [0.4, 0.5) is 0 Å². The molecular formula is C14H16N2O2S. The maximum Gasteiger partial charge on any atom is 0.123 e. The largest absolute Gasteiger partial charge is 0.493 e. The molecule has 5 heteroatoms. The molecule has 2 atom stereocenters. The maximum atomic E-state index is 10.7. The van der Waals surface area contributed by atoms with Crippen LogP contribution in [0, 0.1) is 0 Å².